The standard InChI is InChI=1S/C14H29N3O.C2H4/c1-5-12(16)10-13(11(3)4)17(9-7-8-15)14(18)6-2;1-2/h6,11-13H,2,5,7-10,15-16H2,1,3-4H3;1-2H2. The van der Waals surface area contributed by atoms with Crippen LogP contribution in [0.5, 0.6) is 0 Å². The van der Waals surface area contributed by atoms with Gasteiger partial charge in [-0.15, -0.1) is 13.2 Å². The van der Waals surface area contributed by atoms with Gasteiger partial charge in [0.25, 0.3) is 0 Å². The zero-order valence-corrected chi connectivity index (χ0v) is 13.5. The topological polar surface area (TPSA) is 72.3 Å². The molecular weight excluding hydrogens is 250 g/mol. The van der Waals surface area contributed by atoms with Crippen LogP contribution in [0.2, 0.25) is 0 Å². The molecule has 118 valence electrons. The van der Waals surface area contributed by atoms with Crippen molar-refractivity contribution in [1.29, 1.82) is 0 Å². The lowest BCUT2D eigenvalue weighted by atomic mass is 9.94. The summed E-state index contributed by atoms with van der Waals surface area (Å²) < 4.78 is 0. The van der Waals surface area contributed by atoms with Gasteiger partial charge in [0, 0.05) is 18.6 Å². The Morgan fingerprint density at radius 1 is 1.35 bits per heavy atom. The largest absolute Gasteiger partial charge is 0.336 e. The van der Waals surface area contributed by atoms with Gasteiger partial charge in [0.2, 0.25) is 5.91 Å². The van der Waals surface area contributed by atoms with Crippen LogP contribution in [-0.2, 0) is 4.79 Å². The molecule has 1 amide bonds. The van der Waals surface area contributed by atoms with Crippen molar-refractivity contribution in [2.24, 2.45) is 17.4 Å². The summed E-state index contributed by atoms with van der Waals surface area (Å²) in [4.78, 5) is 13.8. The van der Waals surface area contributed by atoms with Crippen LogP contribution in [0, 0.1) is 5.92 Å². The van der Waals surface area contributed by atoms with E-state index in [4.69, 9.17) is 11.5 Å². The zero-order chi connectivity index (χ0) is 16.1. The van der Waals surface area contributed by atoms with Gasteiger partial charge >= 0.3 is 0 Å². The molecule has 0 aromatic carbocycles. The summed E-state index contributed by atoms with van der Waals surface area (Å²) in [5, 5.41) is 0. The summed E-state index contributed by atoms with van der Waals surface area (Å²) in [6.07, 6.45) is 3.95. The van der Waals surface area contributed by atoms with E-state index in [2.05, 4.69) is 40.5 Å². The maximum atomic E-state index is 12.0. The van der Waals surface area contributed by atoms with Crippen LogP contribution in [0.3, 0.4) is 0 Å². The molecule has 0 aliphatic heterocycles. The first-order valence-electron chi connectivity index (χ1n) is 7.36. The molecule has 0 saturated heterocycles. The first-order chi connectivity index (χ1) is 9.47. The fraction of sp³-hybridized carbons (Fsp3) is 0.688. The molecule has 4 heteroatoms. The molecule has 0 aliphatic rings. The summed E-state index contributed by atoms with van der Waals surface area (Å²) in [6, 6.07) is 0.299. The minimum atomic E-state index is -0.0227. The summed E-state index contributed by atoms with van der Waals surface area (Å²) >= 11 is 0. The predicted octanol–water partition coefficient (Wildman–Crippen LogP) is 2.30. The Labute approximate surface area is 124 Å². The molecule has 0 saturated carbocycles. The minimum Gasteiger partial charge on any atom is -0.336 e. The van der Waals surface area contributed by atoms with E-state index >= 15 is 0 Å². The quantitative estimate of drug-likeness (QED) is 0.504. The average Bonchev–Trinajstić information content (AvgIpc) is 2.47. The van der Waals surface area contributed by atoms with Gasteiger partial charge in [-0.1, -0.05) is 27.4 Å². The third-order valence-electron chi connectivity index (χ3n) is 3.30. The van der Waals surface area contributed by atoms with Gasteiger partial charge in [0.05, 0.1) is 0 Å². The summed E-state index contributed by atoms with van der Waals surface area (Å²) in [6.45, 7) is 17.2. The van der Waals surface area contributed by atoms with Gasteiger partial charge < -0.3 is 16.4 Å². The second-order valence-electron chi connectivity index (χ2n) is 5.09. The molecule has 0 aromatic rings. The second-order valence-corrected chi connectivity index (χ2v) is 5.09. The van der Waals surface area contributed by atoms with E-state index in [-0.39, 0.29) is 18.0 Å². The number of carbonyl (C=O) groups excluding carboxylic acids is 1. The monoisotopic (exact) mass is 283 g/mol. The lowest BCUT2D eigenvalue weighted by molar-refractivity contribution is -0.129. The SMILES string of the molecule is C=C.C=CC(=O)N(CCCN)C(CC(N)CC)C(C)C. The van der Waals surface area contributed by atoms with Gasteiger partial charge in [0.1, 0.15) is 0 Å². The molecule has 4 nitrogen and oxygen atoms in total. The van der Waals surface area contributed by atoms with Gasteiger partial charge in [-0.2, -0.15) is 0 Å². The first kappa shape index (κ1) is 21.2. The number of nitrogens with zero attached hydrogens (tertiary/aromatic N) is 1. The molecule has 2 atom stereocenters. The maximum absolute atomic E-state index is 12.0. The maximum Gasteiger partial charge on any atom is 0.246 e. The number of hydrogen-bond acceptors (Lipinski definition) is 3. The Balaban J connectivity index is 0. The zero-order valence-electron chi connectivity index (χ0n) is 13.5. The van der Waals surface area contributed by atoms with Gasteiger partial charge in [0.15, 0.2) is 0 Å². The molecule has 0 spiro atoms. The van der Waals surface area contributed by atoms with E-state index in [1.165, 1.54) is 6.08 Å². The Morgan fingerprint density at radius 2 is 1.90 bits per heavy atom. The van der Waals surface area contributed by atoms with E-state index in [0.29, 0.717) is 19.0 Å². The van der Waals surface area contributed by atoms with Crippen LogP contribution in [0.25, 0.3) is 0 Å². The van der Waals surface area contributed by atoms with Crippen molar-refractivity contribution < 1.29 is 4.79 Å². The van der Waals surface area contributed by atoms with Crippen LogP contribution < -0.4 is 11.5 Å². The minimum absolute atomic E-state index is 0.0227. The number of amides is 1. The highest BCUT2D eigenvalue weighted by molar-refractivity contribution is 5.87. The molecule has 0 aliphatic carbocycles. The molecule has 0 heterocycles. The molecular formula is C16H33N3O. The number of carbonyl (C=O) groups is 1. The van der Waals surface area contributed by atoms with Crippen LogP contribution in [0.1, 0.15) is 40.0 Å². The summed E-state index contributed by atoms with van der Waals surface area (Å²) in [5.74, 6) is 0.356. The third-order valence-corrected chi connectivity index (χ3v) is 3.30. The van der Waals surface area contributed by atoms with Crippen LogP contribution in [-0.4, -0.2) is 36.0 Å². The average molecular weight is 283 g/mol. The molecule has 0 rings (SSSR count). The normalized spacial score (nSPS) is 13.1. The Morgan fingerprint density at radius 3 is 2.25 bits per heavy atom. The summed E-state index contributed by atoms with van der Waals surface area (Å²) in [7, 11) is 0. The molecule has 0 aromatic heterocycles. The van der Waals surface area contributed by atoms with E-state index < -0.39 is 0 Å². The van der Waals surface area contributed by atoms with E-state index in [1.54, 1.807) is 0 Å². The molecule has 4 N–H and O–H groups in total. The molecule has 20 heavy (non-hydrogen) atoms. The van der Waals surface area contributed by atoms with Gasteiger partial charge in [-0.25, -0.2) is 0 Å². The Hall–Kier alpha value is -1.13. The lowest BCUT2D eigenvalue weighted by Crippen LogP contribution is -2.46. The number of rotatable bonds is 9. The fourth-order valence-electron chi connectivity index (χ4n) is 2.05. The number of hydrogen-bond donors (Lipinski definition) is 2. The number of nitrogens with two attached hydrogens (primary N) is 2. The Kier molecular flexibility index (Phi) is 13.6. The molecule has 2 unspecified atom stereocenters. The highest BCUT2D eigenvalue weighted by Gasteiger charge is 2.25. The van der Waals surface area contributed by atoms with Crippen molar-refractivity contribution in [1.82, 2.24) is 4.90 Å². The van der Waals surface area contributed by atoms with Crippen LogP contribution >= 0.6 is 0 Å². The van der Waals surface area contributed by atoms with Crippen LogP contribution in [0.15, 0.2) is 25.8 Å². The Bertz CT molecular complexity index is 266. The van der Waals surface area contributed by atoms with E-state index in [1.807, 2.05) is 4.90 Å². The van der Waals surface area contributed by atoms with Gasteiger partial charge in [-0.3, -0.25) is 4.79 Å². The fourth-order valence-corrected chi connectivity index (χ4v) is 2.05. The van der Waals surface area contributed by atoms with Crippen molar-refractivity contribution >= 4 is 5.91 Å². The van der Waals surface area contributed by atoms with Gasteiger partial charge in [-0.05, 0) is 37.8 Å². The lowest BCUT2D eigenvalue weighted by Gasteiger charge is -2.35. The van der Waals surface area contributed by atoms with E-state index in [9.17, 15) is 4.79 Å². The highest BCUT2D eigenvalue weighted by atomic mass is 16.2. The van der Waals surface area contributed by atoms with Crippen molar-refractivity contribution in [3.8, 4) is 0 Å². The van der Waals surface area contributed by atoms with Crippen molar-refractivity contribution in [2.45, 2.75) is 52.1 Å². The predicted molar refractivity (Wildman–Crippen MR) is 88.3 cm³/mol. The van der Waals surface area contributed by atoms with E-state index in [0.717, 1.165) is 19.3 Å². The smallest absolute Gasteiger partial charge is 0.246 e. The van der Waals surface area contributed by atoms with Crippen molar-refractivity contribution in [3.63, 3.8) is 0 Å². The van der Waals surface area contributed by atoms with Crippen LogP contribution in [0.4, 0.5) is 0 Å². The van der Waals surface area contributed by atoms with Crippen molar-refractivity contribution in [2.75, 3.05) is 13.1 Å². The first-order valence-corrected chi connectivity index (χ1v) is 7.36. The third kappa shape index (κ3) is 8.12. The molecule has 0 bridgehead atoms. The molecule has 0 radical (unpaired) electrons. The highest BCUT2D eigenvalue weighted by Crippen LogP contribution is 2.18. The summed E-state index contributed by atoms with van der Waals surface area (Å²) in [5.41, 5.74) is 11.6. The van der Waals surface area contributed by atoms with Crippen molar-refractivity contribution in [3.05, 3.63) is 25.8 Å². The molecule has 0 fully saturated rings. The second kappa shape index (κ2) is 12.9.